The molecule has 1 aliphatic rings. The lowest BCUT2D eigenvalue weighted by Gasteiger charge is -2.42. The number of benzene rings is 2. The van der Waals surface area contributed by atoms with E-state index in [0.29, 0.717) is 17.5 Å². The number of carbonyl (C=O) groups is 2. The lowest BCUT2D eigenvalue weighted by molar-refractivity contribution is -0.150. The molecule has 1 atom stereocenters. The summed E-state index contributed by atoms with van der Waals surface area (Å²) in [4.78, 5) is 24.0. The van der Waals surface area contributed by atoms with Gasteiger partial charge in [0, 0.05) is 5.56 Å². The molecule has 2 aromatic rings. The maximum atomic E-state index is 12.0. The molecular formula is C25H26O5. The van der Waals surface area contributed by atoms with Gasteiger partial charge in [-0.3, -0.25) is 4.79 Å². The van der Waals surface area contributed by atoms with Crippen LogP contribution in [0.2, 0.25) is 0 Å². The molecule has 0 saturated carbocycles. The van der Waals surface area contributed by atoms with Gasteiger partial charge in [-0.05, 0) is 66.5 Å². The van der Waals surface area contributed by atoms with Gasteiger partial charge in [0.25, 0.3) is 0 Å². The minimum absolute atomic E-state index is 0.0797. The minimum Gasteiger partial charge on any atom is -0.466 e. The fourth-order valence-corrected chi connectivity index (χ4v) is 3.77. The monoisotopic (exact) mass is 406 g/mol. The Bertz CT molecular complexity index is 997. The predicted octanol–water partition coefficient (Wildman–Crippen LogP) is 4.06. The average molecular weight is 406 g/mol. The standard InChI is InChI=1S/C25H26O5/c1-4-29-22(26)17-25(28)14-13-24(2,3)21-16-18(10-11-20(21)25)12-15-30-23(27)19-8-6-5-7-9-19/h5-11,16,28H,4,13-14,17H2,1-3H3. The van der Waals surface area contributed by atoms with Crippen molar-refractivity contribution in [3.63, 3.8) is 0 Å². The summed E-state index contributed by atoms with van der Waals surface area (Å²) in [6.07, 6.45) is 3.58. The molecule has 5 heteroatoms. The van der Waals surface area contributed by atoms with Crippen LogP contribution in [0.4, 0.5) is 0 Å². The quantitative estimate of drug-likeness (QED) is 0.612. The Morgan fingerprint density at radius 3 is 2.50 bits per heavy atom. The molecule has 156 valence electrons. The minimum atomic E-state index is -1.26. The Morgan fingerprint density at radius 2 is 1.80 bits per heavy atom. The summed E-state index contributed by atoms with van der Waals surface area (Å²) in [5.41, 5.74) is 1.31. The summed E-state index contributed by atoms with van der Waals surface area (Å²) < 4.78 is 10.1. The second-order valence-corrected chi connectivity index (χ2v) is 8.14. The second kappa shape index (κ2) is 8.73. The van der Waals surface area contributed by atoms with E-state index in [0.717, 1.165) is 17.5 Å². The molecule has 0 aromatic heterocycles. The molecule has 2 aromatic carbocycles. The molecule has 30 heavy (non-hydrogen) atoms. The van der Waals surface area contributed by atoms with Gasteiger partial charge in [-0.25, -0.2) is 4.79 Å². The summed E-state index contributed by atoms with van der Waals surface area (Å²) in [5, 5.41) is 11.2. The lowest BCUT2D eigenvalue weighted by atomic mass is 9.65. The molecule has 1 unspecified atom stereocenters. The van der Waals surface area contributed by atoms with E-state index in [4.69, 9.17) is 9.47 Å². The summed E-state index contributed by atoms with van der Waals surface area (Å²) in [7, 11) is 0. The van der Waals surface area contributed by atoms with Crippen LogP contribution in [0.5, 0.6) is 0 Å². The van der Waals surface area contributed by atoms with Gasteiger partial charge in [0.2, 0.25) is 0 Å². The number of hydrogen-bond acceptors (Lipinski definition) is 5. The Kier molecular flexibility index (Phi) is 6.28. The van der Waals surface area contributed by atoms with Crippen LogP contribution in [0.15, 0.2) is 48.5 Å². The van der Waals surface area contributed by atoms with Gasteiger partial charge in [-0.1, -0.05) is 38.1 Å². The van der Waals surface area contributed by atoms with Crippen molar-refractivity contribution in [3.05, 3.63) is 70.8 Å². The van der Waals surface area contributed by atoms with Crippen molar-refractivity contribution >= 4 is 11.9 Å². The molecular weight excluding hydrogens is 380 g/mol. The van der Waals surface area contributed by atoms with Crippen molar-refractivity contribution in [2.75, 3.05) is 6.61 Å². The Morgan fingerprint density at radius 1 is 1.07 bits per heavy atom. The van der Waals surface area contributed by atoms with Crippen LogP contribution in [0.3, 0.4) is 0 Å². The van der Waals surface area contributed by atoms with E-state index < -0.39 is 17.5 Å². The summed E-state index contributed by atoms with van der Waals surface area (Å²) >= 11 is 0. The average Bonchev–Trinajstić information content (AvgIpc) is 2.72. The maximum absolute atomic E-state index is 12.0. The first-order valence-electron chi connectivity index (χ1n) is 10.1. The molecule has 0 fully saturated rings. The highest BCUT2D eigenvalue weighted by molar-refractivity contribution is 5.90. The highest BCUT2D eigenvalue weighted by Crippen LogP contribution is 2.46. The zero-order valence-corrected chi connectivity index (χ0v) is 17.5. The molecule has 0 spiro atoms. The van der Waals surface area contributed by atoms with Crippen molar-refractivity contribution in [2.24, 2.45) is 0 Å². The fourth-order valence-electron chi connectivity index (χ4n) is 3.77. The van der Waals surface area contributed by atoms with Gasteiger partial charge < -0.3 is 14.6 Å². The number of esters is 2. The molecule has 0 amide bonds. The van der Waals surface area contributed by atoms with Crippen LogP contribution in [0, 0.1) is 12.0 Å². The fraction of sp³-hybridized carbons (Fsp3) is 0.360. The van der Waals surface area contributed by atoms with Gasteiger partial charge in [-0.15, -0.1) is 0 Å². The third-order valence-corrected chi connectivity index (χ3v) is 5.50. The highest BCUT2D eigenvalue weighted by atomic mass is 16.5. The van der Waals surface area contributed by atoms with E-state index in [9.17, 15) is 14.7 Å². The molecule has 0 saturated heterocycles. The SMILES string of the molecule is CCOC(=O)CC1(O)CCC(C)(C)c2cc(C#COC(=O)c3ccccc3)ccc21. The molecule has 3 rings (SSSR count). The first-order chi connectivity index (χ1) is 14.2. The molecule has 0 bridgehead atoms. The normalized spacial score (nSPS) is 19.1. The number of carbonyl (C=O) groups excluding carboxylic acids is 2. The van der Waals surface area contributed by atoms with E-state index in [1.54, 1.807) is 43.3 Å². The zero-order chi connectivity index (χ0) is 21.8. The topological polar surface area (TPSA) is 72.8 Å². The number of hydrogen-bond donors (Lipinski definition) is 1. The molecule has 0 heterocycles. The van der Waals surface area contributed by atoms with Crippen LogP contribution < -0.4 is 0 Å². The largest absolute Gasteiger partial charge is 0.466 e. The third-order valence-electron chi connectivity index (χ3n) is 5.50. The van der Waals surface area contributed by atoms with Crippen LogP contribution in [0.1, 0.15) is 67.1 Å². The molecule has 0 aliphatic heterocycles. The summed E-state index contributed by atoms with van der Waals surface area (Å²) in [5.74, 6) is 1.93. The van der Waals surface area contributed by atoms with Crippen LogP contribution in [0.25, 0.3) is 0 Å². The van der Waals surface area contributed by atoms with E-state index in [-0.39, 0.29) is 18.4 Å². The maximum Gasteiger partial charge on any atom is 0.352 e. The third kappa shape index (κ3) is 4.72. The van der Waals surface area contributed by atoms with Gasteiger partial charge in [0.1, 0.15) is 11.7 Å². The van der Waals surface area contributed by atoms with E-state index >= 15 is 0 Å². The first-order valence-corrected chi connectivity index (χ1v) is 10.1. The molecule has 5 nitrogen and oxygen atoms in total. The first kappa shape index (κ1) is 21.6. The van der Waals surface area contributed by atoms with Crippen LogP contribution in [-0.2, 0) is 25.3 Å². The van der Waals surface area contributed by atoms with Gasteiger partial charge in [0.15, 0.2) is 0 Å². The number of fused-ring (bicyclic) bond motifs is 1. The van der Waals surface area contributed by atoms with Crippen molar-refractivity contribution in [1.82, 2.24) is 0 Å². The van der Waals surface area contributed by atoms with Crippen molar-refractivity contribution in [3.8, 4) is 12.0 Å². The van der Waals surface area contributed by atoms with Gasteiger partial charge in [0.05, 0.1) is 18.6 Å². The zero-order valence-electron chi connectivity index (χ0n) is 17.5. The number of ether oxygens (including phenoxy) is 2. The van der Waals surface area contributed by atoms with E-state index in [2.05, 4.69) is 25.9 Å². The smallest absolute Gasteiger partial charge is 0.352 e. The van der Waals surface area contributed by atoms with Crippen molar-refractivity contribution in [1.29, 1.82) is 0 Å². The Balaban J connectivity index is 1.84. The van der Waals surface area contributed by atoms with Gasteiger partial charge in [-0.2, -0.15) is 0 Å². The molecule has 0 radical (unpaired) electrons. The van der Waals surface area contributed by atoms with Crippen molar-refractivity contribution < 1.29 is 24.2 Å². The number of rotatable bonds is 4. The van der Waals surface area contributed by atoms with Gasteiger partial charge >= 0.3 is 11.9 Å². The Labute approximate surface area is 177 Å². The molecule has 1 N–H and O–H groups in total. The Hall–Kier alpha value is -3.10. The van der Waals surface area contributed by atoms with Crippen LogP contribution in [-0.4, -0.2) is 23.7 Å². The molecule has 1 aliphatic carbocycles. The van der Waals surface area contributed by atoms with Crippen LogP contribution >= 0.6 is 0 Å². The number of aliphatic hydroxyl groups is 1. The summed E-state index contributed by atoms with van der Waals surface area (Å²) in [6.45, 7) is 6.23. The van der Waals surface area contributed by atoms with E-state index in [1.807, 2.05) is 12.1 Å². The summed E-state index contributed by atoms with van der Waals surface area (Å²) in [6, 6.07) is 14.1. The lowest BCUT2D eigenvalue weighted by Crippen LogP contribution is -2.39. The van der Waals surface area contributed by atoms with E-state index in [1.165, 1.54) is 0 Å². The predicted molar refractivity (Wildman–Crippen MR) is 113 cm³/mol. The highest BCUT2D eigenvalue weighted by Gasteiger charge is 2.43. The van der Waals surface area contributed by atoms with Crippen molar-refractivity contribution in [2.45, 2.75) is 51.0 Å². The second-order valence-electron chi connectivity index (χ2n) is 8.14.